The van der Waals surface area contributed by atoms with E-state index in [1.807, 2.05) is 6.92 Å². The molecule has 0 saturated carbocycles. The molecule has 0 aliphatic heterocycles. The molecule has 0 heterocycles. The Bertz CT molecular complexity index is 727. The van der Waals surface area contributed by atoms with Crippen LogP contribution >= 0.6 is 12.0 Å². The van der Waals surface area contributed by atoms with E-state index < -0.39 is 60.1 Å². The molecule has 38 heavy (non-hydrogen) atoms. The van der Waals surface area contributed by atoms with E-state index in [0.717, 1.165) is 25.7 Å². The molecule has 0 amide bonds. The van der Waals surface area contributed by atoms with E-state index in [4.69, 9.17) is 4.74 Å². The van der Waals surface area contributed by atoms with Crippen LogP contribution in [0.4, 0.5) is 48.3 Å². The summed E-state index contributed by atoms with van der Waals surface area (Å²) in [6.07, 6.45) is -3.73. The quantitative estimate of drug-likeness (QED) is 0.0442. The van der Waals surface area contributed by atoms with Crippen LogP contribution in [0.25, 0.3) is 0 Å². The van der Waals surface area contributed by atoms with E-state index in [-0.39, 0.29) is 48.2 Å². The van der Waals surface area contributed by atoms with Crippen LogP contribution < -0.4 is 34.8 Å². The second-order valence-corrected chi connectivity index (χ2v) is 8.34. The molecule has 0 aromatic rings. The van der Waals surface area contributed by atoms with E-state index in [2.05, 4.69) is 14.1 Å². The largest absolute Gasteiger partial charge is 1.00 e. The molecule has 0 saturated heterocycles. The Morgan fingerprint density at radius 2 is 1.32 bits per heavy atom. The van der Waals surface area contributed by atoms with Gasteiger partial charge in [0, 0.05) is 12.0 Å². The van der Waals surface area contributed by atoms with Crippen LogP contribution in [0, 0.1) is 0 Å². The average Bonchev–Trinajstić information content (AvgIpc) is 2.78. The van der Waals surface area contributed by atoms with Crippen LogP contribution in [-0.2, 0) is 28.4 Å². The first-order chi connectivity index (χ1) is 16.8. The van der Waals surface area contributed by atoms with Crippen LogP contribution in [0.5, 0.6) is 0 Å². The maximum Gasteiger partial charge on any atom is 1.00 e. The molecule has 0 radical (unpaired) electrons. The molecular formula is C18H22F11NaO7S. The van der Waals surface area contributed by atoms with Gasteiger partial charge < -0.3 is 14.7 Å². The van der Waals surface area contributed by atoms with Crippen LogP contribution in [0.15, 0.2) is 0 Å². The van der Waals surface area contributed by atoms with Crippen molar-refractivity contribution in [2.24, 2.45) is 0 Å². The van der Waals surface area contributed by atoms with E-state index >= 15 is 0 Å². The molecule has 0 aliphatic carbocycles. The number of carbonyl (C=O) groups excluding carboxylic acids is 2. The Kier molecular flexibility index (Phi) is 17.3. The molecule has 1 unspecified atom stereocenters. The van der Waals surface area contributed by atoms with Crippen molar-refractivity contribution < 1.29 is 112 Å². The molecule has 7 nitrogen and oxygen atoms in total. The molecule has 0 fully saturated rings. The summed E-state index contributed by atoms with van der Waals surface area (Å²) in [5.74, 6) is -32.5. The SMILES string of the molecule is CCCCCCCCOC(=O)CC(SOO[O-])C(=O)OCC(F)(F)C(F)(F)C(F)(F)C(F)(F)C(F)(F)F.[Na+]. The summed E-state index contributed by atoms with van der Waals surface area (Å²) < 4.78 is 155. The molecule has 0 aliphatic rings. The zero-order valence-corrected chi connectivity index (χ0v) is 22.7. The number of halogens is 11. The number of carbonyl (C=O) groups is 2. The molecular weight excluding hydrogens is 592 g/mol. The summed E-state index contributed by atoms with van der Waals surface area (Å²) in [4.78, 5) is 23.6. The fraction of sp³-hybridized carbons (Fsp3) is 0.889. The first-order valence-electron chi connectivity index (χ1n) is 10.3. The minimum Gasteiger partial charge on any atom is -0.691 e. The maximum atomic E-state index is 13.7. The van der Waals surface area contributed by atoms with Gasteiger partial charge in [0.25, 0.3) is 0 Å². The summed E-state index contributed by atoms with van der Waals surface area (Å²) in [5.41, 5.74) is 0. The topological polar surface area (TPSA) is 94.1 Å². The number of esters is 2. The summed E-state index contributed by atoms with van der Waals surface area (Å²) in [7, 11) is 0. The molecule has 1 atom stereocenters. The van der Waals surface area contributed by atoms with Crippen molar-refractivity contribution in [3.8, 4) is 0 Å². The smallest absolute Gasteiger partial charge is 0.691 e. The third-order valence-electron chi connectivity index (χ3n) is 4.56. The summed E-state index contributed by atoms with van der Waals surface area (Å²) in [6, 6.07) is 0. The summed E-state index contributed by atoms with van der Waals surface area (Å²) in [5, 5.41) is 10.6. The minimum absolute atomic E-state index is 0. The van der Waals surface area contributed by atoms with Gasteiger partial charge in [0.05, 0.1) is 13.0 Å². The van der Waals surface area contributed by atoms with Gasteiger partial charge in [-0.2, -0.15) is 52.6 Å². The third kappa shape index (κ3) is 10.8. The maximum absolute atomic E-state index is 13.7. The van der Waals surface area contributed by atoms with Crippen molar-refractivity contribution in [2.75, 3.05) is 13.2 Å². The minimum atomic E-state index is -7.68. The number of hydrogen-bond donors (Lipinski definition) is 0. The van der Waals surface area contributed by atoms with Gasteiger partial charge in [-0.05, 0) is 6.42 Å². The molecule has 0 bridgehead atoms. The van der Waals surface area contributed by atoms with Gasteiger partial charge in [-0.15, -0.1) is 0 Å². The zero-order chi connectivity index (χ0) is 29.1. The second kappa shape index (κ2) is 16.6. The molecule has 0 spiro atoms. The number of alkyl halides is 11. The van der Waals surface area contributed by atoms with Crippen molar-refractivity contribution in [2.45, 2.75) is 87.0 Å². The van der Waals surface area contributed by atoms with Crippen molar-refractivity contribution in [3.05, 3.63) is 0 Å². The molecule has 0 aromatic carbocycles. The Labute approximate surface area is 235 Å². The van der Waals surface area contributed by atoms with Crippen molar-refractivity contribution in [1.29, 1.82) is 0 Å². The van der Waals surface area contributed by atoms with Gasteiger partial charge in [0.2, 0.25) is 0 Å². The van der Waals surface area contributed by atoms with Gasteiger partial charge in [0.15, 0.2) is 6.61 Å². The Hall–Kier alpha value is -0.600. The van der Waals surface area contributed by atoms with Crippen molar-refractivity contribution >= 4 is 24.0 Å². The van der Waals surface area contributed by atoms with Gasteiger partial charge in [-0.25, -0.2) is 0 Å². The monoisotopic (exact) mass is 614 g/mol. The van der Waals surface area contributed by atoms with Crippen LogP contribution in [0.1, 0.15) is 51.9 Å². The number of unbranched alkanes of at least 4 members (excludes halogenated alkanes) is 5. The van der Waals surface area contributed by atoms with Crippen LogP contribution in [0.2, 0.25) is 0 Å². The van der Waals surface area contributed by atoms with Crippen molar-refractivity contribution in [1.82, 2.24) is 0 Å². The molecule has 0 N–H and O–H groups in total. The van der Waals surface area contributed by atoms with Crippen LogP contribution in [0.3, 0.4) is 0 Å². The van der Waals surface area contributed by atoms with E-state index in [0.29, 0.717) is 12.8 Å². The second-order valence-electron chi connectivity index (χ2n) is 7.45. The van der Waals surface area contributed by atoms with Gasteiger partial charge in [0.1, 0.15) is 5.25 Å². The Morgan fingerprint density at radius 3 is 1.82 bits per heavy atom. The van der Waals surface area contributed by atoms with Gasteiger partial charge in [-0.3, -0.25) is 14.6 Å². The summed E-state index contributed by atoms with van der Waals surface area (Å²) in [6.45, 7) is -1.30. The Balaban J connectivity index is 0. The zero-order valence-electron chi connectivity index (χ0n) is 19.9. The van der Waals surface area contributed by atoms with E-state index in [1.54, 1.807) is 0 Å². The fourth-order valence-electron chi connectivity index (χ4n) is 2.45. The molecule has 0 rings (SSSR count). The third-order valence-corrected chi connectivity index (χ3v) is 5.28. The molecule has 20 heteroatoms. The fourth-order valence-corrected chi connectivity index (χ4v) is 2.93. The number of hydrogen-bond acceptors (Lipinski definition) is 8. The number of rotatable bonds is 18. The standard InChI is InChI=1S/C18H23F11O7S.Na/c1-2-3-4-5-6-7-8-33-12(30)9-11(37-36-35-32)13(31)34-10-14(19,20)15(21,22)16(23,24)17(25,26)18(27,28)29;/h11,32H,2-10H2,1H3;/q;+1/p-1. The van der Waals surface area contributed by atoms with E-state index in [9.17, 15) is 63.1 Å². The number of ether oxygens (including phenoxy) is 2. The predicted octanol–water partition coefficient (Wildman–Crippen LogP) is 2.17. The normalized spacial score (nSPS) is 14.0. The van der Waals surface area contributed by atoms with Gasteiger partial charge in [-0.1, -0.05) is 39.0 Å². The first-order valence-corrected chi connectivity index (χ1v) is 11.1. The molecule has 220 valence electrons. The summed E-state index contributed by atoms with van der Waals surface area (Å²) >= 11 is -0.377. The average molecular weight is 614 g/mol. The first kappa shape index (κ1) is 39.5. The predicted molar refractivity (Wildman–Crippen MR) is 99.3 cm³/mol. The molecule has 0 aromatic heterocycles. The van der Waals surface area contributed by atoms with Gasteiger partial charge >= 0.3 is 71.4 Å². The van der Waals surface area contributed by atoms with Crippen LogP contribution in [-0.4, -0.2) is 60.3 Å². The van der Waals surface area contributed by atoms with Crippen molar-refractivity contribution in [3.63, 3.8) is 0 Å². The van der Waals surface area contributed by atoms with E-state index in [1.165, 1.54) is 0 Å². The Morgan fingerprint density at radius 1 is 0.789 bits per heavy atom.